The van der Waals surface area contributed by atoms with E-state index in [2.05, 4.69) is 5.32 Å². The van der Waals surface area contributed by atoms with Gasteiger partial charge in [0, 0.05) is 32.6 Å². The van der Waals surface area contributed by atoms with Crippen molar-refractivity contribution in [2.45, 2.75) is 27.7 Å². The molecule has 0 aliphatic rings. The maximum Gasteiger partial charge on any atom is 0.219 e. The van der Waals surface area contributed by atoms with Gasteiger partial charge in [0.15, 0.2) is 0 Å². The third-order valence-electron chi connectivity index (χ3n) is 2.44. The quantitative estimate of drug-likeness (QED) is 0.722. The number of nitrogens with one attached hydrogen (secondary N) is 1. The van der Waals surface area contributed by atoms with Gasteiger partial charge in [-0.2, -0.15) is 0 Å². The molecule has 0 rings (SSSR count). The summed E-state index contributed by atoms with van der Waals surface area (Å²) < 4.78 is 26.3. The lowest BCUT2D eigenvalue weighted by molar-refractivity contribution is -0.128. The lowest BCUT2D eigenvalue weighted by Crippen LogP contribution is -2.35. The van der Waals surface area contributed by atoms with E-state index in [0.717, 1.165) is 6.08 Å². The van der Waals surface area contributed by atoms with Crippen LogP contribution in [0.5, 0.6) is 0 Å². The molecule has 5 heteroatoms. The molecule has 19 heavy (non-hydrogen) atoms. The van der Waals surface area contributed by atoms with Crippen molar-refractivity contribution in [2.24, 2.45) is 0 Å². The predicted molar refractivity (Wildman–Crippen MR) is 73.7 cm³/mol. The smallest absolute Gasteiger partial charge is 0.219 e. The molecule has 0 aromatic heterocycles. The number of hydrogen-bond acceptors (Lipinski definition) is 2. The molecular weight excluding hydrogens is 250 g/mol. The summed E-state index contributed by atoms with van der Waals surface area (Å²) in [5.41, 5.74) is 0.208. The second-order valence-corrected chi connectivity index (χ2v) is 4.02. The number of allylic oxidation sites excluding steroid dienone is 5. The summed E-state index contributed by atoms with van der Waals surface area (Å²) >= 11 is 0. The van der Waals surface area contributed by atoms with Crippen LogP contribution in [0, 0.1) is 0 Å². The molecule has 0 aliphatic carbocycles. The molecule has 0 saturated carbocycles. The van der Waals surface area contributed by atoms with E-state index in [1.807, 2.05) is 6.92 Å². The van der Waals surface area contributed by atoms with Gasteiger partial charge in [0.1, 0.15) is 5.83 Å². The van der Waals surface area contributed by atoms with Crippen LogP contribution in [0.1, 0.15) is 27.7 Å². The zero-order chi connectivity index (χ0) is 14.8. The van der Waals surface area contributed by atoms with E-state index in [1.54, 1.807) is 17.9 Å². The molecule has 3 nitrogen and oxygen atoms in total. The Kier molecular flexibility index (Phi) is 8.49. The molecule has 0 aliphatic heterocycles. The third kappa shape index (κ3) is 7.39. The fraction of sp³-hybridized carbons (Fsp3) is 0.500. The zero-order valence-electron chi connectivity index (χ0n) is 12.0. The molecule has 0 unspecified atom stereocenters. The van der Waals surface area contributed by atoms with Crippen LogP contribution >= 0.6 is 0 Å². The number of rotatable bonds is 7. The van der Waals surface area contributed by atoms with Gasteiger partial charge in [-0.1, -0.05) is 6.08 Å². The lowest BCUT2D eigenvalue weighted by atomic mass is 10.3. The first-order valence-corrected chi connectivity index (χ1v) is 6.28. The van der Waals surface area contributed by atoms with E-state index in [9.17, 15) is 13.6 Å². The number of carbonyl (C=O) groups is 1. The normalized spacial score (nSPS) is 13.5. The van der Waals surface area contributed by atoms with Crippen molar-refractivity contribution < 1.29 is 13.6 Å². The highest BCUT2D eigenvalue weighted by atomic mass is 19.1. The molecular formula is C14H22F2N2O. The topological polar surface area (TPSA) is 32.3 Å². The number of hydrogen-bond donors (Lipinski definition) is 1. The number of likely N-dealkylation sites (N-methyl/N-ethyl adjacent to an activating group) is 1. The molecule has 0 heterocycles. The highest BCUT2D eigenvalue weighted by Crippen LogP contribution is 2.10. The van der Waals surface area contributed by atoms with Gasteiger partial charge in [0.25, 0.3) is 0 Å². The van der Waals surface area contributed by atoms with E-state index in [-0.39, 0.29) is 11.6 Å². The molecule has 0 radical (unpaired) electrons. The summed E-state index contributed by atoms with van der Waals surface area (Å²) in [6, 6.07) is 0. The van der Waals surface area contributed by atoms with Crippen molar-refractivity contribution >= 4 is 5.91 Å². The van der Waals surface area contributed by atoms with Crippen LogP contribution < -0.4 is 5.32 Å². The monoisotopic (exact) mass is 272 g/mol. The molecule has 0 atom stereocenters. The van der Waals surface area contributed by atoms with E-state index in [0.29, 0.717) is 19.6 Å². The van der Waals surface area contributed by atoms with Crippen molar-refractivity contribution in [3.05, 3.63) is 35.6 Å². The Morgan fingerprint density at radius 2 is 1.95 bits per heavy atom. The maximum atomic E-state index is 13.6. The summed E-state index contributed by atoms with van der Waals surface area (Å²) in [4.78, 5) is 12.8. The Morgan fingerprint density at radius 3 is 2.37 bits per heavy atom. The first-order chi connectivity index (χ1) is 8.92. The number of halogens is 2. The number of amides is 1. The molecule has 0 fully saturated rings. The fourth-order valence-electron chi connectivity index (χ4n) is 1.51. The van der Waals surface area contributed by atoms with Crippen molar-refractivity contribution in [1.82, 2.24) is 10.2 Å². The Morgan fingerprint density at radius 1 is 1.32 bits per heavy atom. The molecule has 0 aromatic carbocycles. The lowest BCUT2D eigenvalue weighted by Gasteiger charge is -2.19. The second kappa shape index (κ2) is 9.30. The highest BCUT2D eigenvalue weighted by Gasteiger charge is 2.06. The standard InChI is InChI=1S/C14H22F2N2O/c1-5-7-14(13(16)10-11(3)15)17-8-9-18(6-2)12(4)19/h5,7,10,17H,6,8-9H2,1-4H3/b7-5-,11-10+,14-13-. The SMILES string of the molecule is C\C=C/C(NCCN(CC)C(C)=O)=C(F)\C=C(/C)F. The van der Waals surface area contributed by atoms with Crippen molar-refractivity contribution in [2.75, 3.05) is 19.6 Å². The Balaban J connectivity index is 4.63. The summed E-state index contributed by atoms with van der Waals surface area (Å²) in [6.07, 6.45) is 4.01. The van der Waals surface area contributed by atoms with Crippen molar-refractivity contribution in [1.29, 1.82) is 0 Å². The van der Waals surface area contributed by atoms with Crippen LogP contribution in [0.2, 0.25) is 0 Å². The fourth-order valence-corrected chi connectivity index (χ4v) is 1.51. The first kappa shape index (κ1) is 17.4. The van der Waals surface area contributed by atoms with E-state index < -0.39 is 11.7 Å². The summed E-state index contributed by atoms with van der Waals surface area (Å²) in [7, 11) is 0. The van der Waals surface area contributed by atoms with Gasteiger partial charge >= 0.3 is 0 Å². The third-order valence-corrected chi connectivity index (χ3v) is 2.44. The van der Waals surface area contributed by atoms with Crippen LogP contribution in [0.3, 0.4) is 0 Å². The van der Waals surface area contributed by atoms with Crippen molar-refractivity contribution in [3.63, 3.8) is 0 Å². The average Bonchev–Trinajstić information content (AvgIpc) is 2.31. The molecule has 1 N–H and O–H groups in total. The van der Waals surface area contributed by atoms with Gasteiger partial charge in [0.2, 0.25) is 5.91 Å². The van der Waals surface area contributed by atoms with E-state index in [4.69, 9.17) is 0 Å². The number of carbonyl (C=O) groups excluding carboxylic acids is 1. The van der Waals surface area contributed by atoms with Gasteiger partial charge in [-0.05, 0) is 26.8 Å². The van der Waals surface area contributed by atoms with E-state index >= 15 is 0 Å². The van der Waals surface area contributed by atoms with Crippen LogP contribution in [0.4, 0.5) is 8.78 Å². The van der Waals surface area contributed by atoms with Gasteiger partial charge in [-0.25, -0.2) is 8.78 Å². The number of nitrogens with zero attached hydrogens (tertiary/aromatic N) is 1. The molecule has 0 aromatic rings. The van der Waals surface area contributed by atoms with Crippen LogP contribution in [-0.2, 0) is 4.79 Å². The molecule has 108 valence electrons. The Labute approximate surface area is 113 Å². The molecule has 1 amide bonds. The molecule has 0 bridgehead atoms. The minimum Gasteiger partial charge on any atom is -0.381 e. The second-order valence-electron chi connectivity index (χ2n) is 4.02. The van der Waals surface area contributed by atoms with Gasteiger partial charge in [-0.3, -0.25) is 4.79 Å². The molecule has 0 spiro atoms. The van der Waals surface area contributed by atoms with Crippen LogP contribution in [-0.4, -0.2) is 30.4 Å². The van der Waals surface area contributed by atoms with E-state index in [1.165, 1.54) is 19.9 Å². The molecule has 0 saturated heterocycles. The predicted octanol–water partition coefficient (Wildman–Crippen LogP) is 3.07. The van der Waals surface area contributed by atoms with Gasteiger partial charge in [0.05, 0.1) is 11.5 Å². The summed E-state index contributed by atoms with van der Waals surface area (Å²) in [6.45, 7) is 7.77. The van der Waals surface area contributed by atoms with Crippen LogP contribution in [0.15, 0.2) is 35.6 Å². The largest absolute Gasteiger partial charge is 0.381 e. The minimum absolute atomic E-state index is 0.0270. The average molecular weight is 272 g/mol. The van der Waals surface area contributed by atoms with Crippen molar-refractivity contribution in [3.8, 4) is 0 Å². The summed E-state index contributed by atoms with van der Waals surface area (Å²) in [5, 5.41) is 2.86. The highest BCUT2D eigenvalue weighted by molar-refractivity contribution is 5.73. The Bertz CT molecular complexity index is 383. The first-order valence-electron chi connectivity index (χ1n) is 6.28. The van der Waals surface area contributed by atoms with Gasteiger partial charge in [-0.15, -0.1) is 0 Å². The minimum atomic E-state index is -0.663. The van der Waals surface area contributed by atoms with Crippen LogP contribution in [0.25, 0.3) is 0 Å². The zero-order valence-corrected chi connectivity index (χ0v) is 12.0. The van der Waals surface area contributed by atoms with Gasteiger partial charge < -0.3 is 10.2 Å². The maximum absolute atomic E-state index is 13.6. The summed E-state index contributed by atoms with van der Waals surface area (Å²) in [5.74, 6) is -1.29. The Hall–Kier alpha value is -1.65.